The maximum Gasteiger partial charge on any atom is 0.378 e. The van der Waals surface area contributed by atoms with Gasteiger partial charge in [-0.25, -0.2) is 8.78 Å². The first-order valence-electron chi connectivity index (χ1n) is 5.55. The molecule has 0 atom stereocenters. The molecule has 0 aliphatic heterocycles. The number of hydrogen-bond donors (Lipinski definition) is 0. The lowest BCUT2D eigenvalue weighted by Crippen LogP contribution is -2.58. The minimum Gasteiger partial charge on any atom is -0.203 e. The lowest BCUT2D eigenvalue weighted by Gasteiger charge is -2.32. The maximum atomic E-state index is 13.2. The fraction of sp³-hybridized carbons (Fsp3) is 0.500. The third-order valence-electron chi connectivity index (χ3n) is 2.55. The van der Waals surface area contributed by atoms with Crippen LogP contribution in [-0.4, -0.2) is 29.9 Å². The number of thioether (sulfide) groups is 1. The van der Waals surface area contributed by atoms with Gasteiger partial charge in [0.1, 0.15) is 0 Å². The zero-order valence-corrected chi connectivity index (χ0v) is 11.1. The average molecular weight is 338 g/mol. The molecule has 1 aromatic carbocycles. The van der Waals surface area contributed by atoms with E-state index in [1.165, 1.54) is 12.1 Å². The molecule has 1 aromatic rings. The molecular weight excluding hydrogens is 328 g/mol. The molecule has 0 aliphatic rings. The Bertz CT molecular complexity index is 446. The average Bonchev–Trinajstić information content (AvgIpc) is 2.39. The van der Waals surface area contributed by atoms with Gasteiger partial charge in [0, 0.05) is 5.75 Å². The van der Waals surface area contributed by atoms with Crippen molar-refractivity contribution in [2.24, 2.45) is 0 Å². The molecule has 21 heavy (non-hydrogen) atoms. The molecular formula is C12H10F8S. The van der Waals surface area contributed by atoms with Gasteiger partial charge in [0.05, 0.1) is 5.75 Å². The van der Waals surface area contributed by atoms with E-state index in [0.717, 1.165) is 0 Å². The molecule has 0 radical (unpaired) electrons. The van der Waals surface area contributed by atoms with Crippen molar-refractivity contribution in [1.82, 2.24) is 0 Å². The molecule has 0 aromatic heterocycles. The minimum atomic E-state index is -6.13. The van der Waals surface area contributed by atoms with Gasteiger partial charge in [-0.15, -0.1) is 0 Å². The van der Waals surface area contributed by atoms with E-state index in [1.54, 1.807) is 18.2 Å². The summed E-state index contributed by atoms with van der Waals surface area (Å²) in [7, 11) is 0. The van der Waals surface area contributed by atoms with Gasteiger partial charge in [0.15, 0.2) is 0 Å². The lowest BCUT2D eigenvalue weighted by atomic mass is 10.1. The largest absolute Gasteiger partial charge is 0.378 e. The van der Waals surface area contributed by atoms with Gasteiger partial charge in [0.2, 0.25) is 0 Å². The summed E-state index contributed by atoms with van der Waals surface area (Å²) in [6, 6.07) is 7.84. The summed E-state index contributed by atoms with van der Waals surface area (Å²) >= 11 is 0.260. The second-order valence-electron chi connectivity index (χ2n) is 4.18. The zero-order valence-electron chi connectivity index (χ0n) is 10.3. The number of alkyl halides is 8. The highest BCUT2D eigenvalue weighted by Crippen LogP contribution is 2.49. The third-order valence-corrected chi connectivity index (χ3v) is 3.65. The van der Waals surface area contributed by atoms with Crippen molar-refractivity contribution in [3.63, 3.8) is 0 Å². The molecule has 0 N–H and O–H groups in total. The minimum absolute atomic E-state index is 0.132. The molecule has 0 unspecified atom stereocenters. The maximum absolute atomic E-state index is 13.2. The van der Waals surface area contributed by atoms with Gasteiger partial charge in [-0.1, -0.05) is 30.3 Å². The molecule has 0 spiro atoms. The Morgan fingerprint density at radius 1 is 0.905 bits per heavy atom. The van der Waals surface area contributed by atoms with Crippen LogP contribution in [0, 0.1) is 0 Å². The van der Waals surface area contributed by atoms with Crippen molar-refractivity contribution in [3.05, 3.63) is 35.9 Å². The van der Waals surface area contributed by atoms with Crippen molar-refractivity contribution in [3.8, 4) is 0 Å². The second kappa shape index (κ2) is 6.41. The summed E-state index contributed by atoms with van der Waals surface area (Å²) in [5, 5.41) is 0. The molecule has 0 fully saturated rings. The highest BCUT2D eigenvalue weighted by molar-refractivity contribution is 7.98. The SMILES string of the molecule is FC(F)C(F)(F)C(F)(F)C(F)(F)CSCc1ccccc1. The summed E-state index contributed by atoms with van der Waals surface area (Å²) in [6.45, 7) is 0. The van der Waals surface area contributed by atoms with Crippen molar-refractivity contribution < 1.29 is 35.1 Å². The number of benzene rings is 1. The van der Waals surface area contributed by atoms with E-state index < -0.39 is 29.9 Å². The predicted molar refractivity (Wildman–Crippen MR) is 63.4 cm³/mol. The van der Waals surface area contributed by atoms with Crippen molar-refractivity contribution in [2.75, 3.05) is 5.75 Å². The summed E-state index contributed by atoms with van der Waals surface area (Å²) in [6.07, 6.45) is -4.88. The Kier molecular flexibility index (Phi) is 5.51. The molecule has 0 bridgehead atoms. The normalized spacial score (nSPS) is 13.8. The summed E-state index contributed by atoms with van der Waals surface area (Å²) in [5.74, 6) is -19.3. The van der Waals surface area contributed by atoms with Crippen LogP contribution >= 0.6 is 11.8 Å². The van der Waals surface area contributed by atoms with Gasteiger partial charge in [-0.2, -0.15) is 38.1 Å². The Balaban J connectivity index is 2.72. The van der Waals surface area contributed by atoms with E-state index in [1.807, 2.05) is 0 Å². The van der Waals surface area contributed by atoms with Crippen LogP contribution in [0.25, 0.3) is 0 Å². The van der Waals surface area contributed by atoms with E-state index in [9.17, 15) is 35.1 Å². The van der Waals surface area contributed by atoms with Crippen molar-refractivity contribution in [2.45, 2.75) is 29.9 Å². The van der Waals surface area contributed by atoms with Gasteiger partial charge in [-0.3, -0.25) is 0 Å². The number of halogens is 8. The highest BCUT2D eigenvalue weighted by Gasteiger charge is 2.74. The van der Waals surface area contributed by atoms with Crippen molar-refractivity contribution in [1.29, 1.82) is 0 Å². The molecule has 9 heteroatoms. The van der Waals surface area contributed by atoms with E-state index >= 15 is 0 Å². The van der Waals surface area contributed by atoms with Gasteiger partial charge < -0.3 is 0 Å². The molecule has 0 saturated carbocycles. The van der Waals surface area contributed by atoms with Crippen LogP contribution < -0.4 is 0 Å². The Labute approximate surface area is 119 Å². The van der Waals surface area contributed by atoms with E-state index in [-0.39, 0.29) is 17.5 Å². The van der Waals surface area contributed by atoms with Crippen LogP contribution in [0.4, 0.5) is 35.1 Å². The molecule has 0 nitrogen and oxygen atoms in total. The van der Waals surface area contributed by atoms with Gasteiger partial charge in [-0.05, 0) is 5.56 Å². The quantitative estimate of drug-likeness (QED) is 0.624. The first kappa shape index (κ1) is 18.1. The first-order valence-corrected chi connectivity index (χ1v) is 6.71. The molecule has 0 amide bonds. The van der Waals surface area contributed by atoms with Gasteiger partial charge in [0.25, 0.3) is 0 Å². The monoisotopic (exact) mass is 338 g/mol. The van der Waals surface area contributed by atoms with Crippen molar-refractivity contribution >= 4 is 11.8 Å². The zero-order chi connectivity index (χ0) is 16.3. The predicted octanol–water partition coefficient (Wildman–Crippen LogP) is 5.09. The van der Waals surface area contributed by atoms with Crippen LogP contribution in [-0.2, 0) is 5.75 Å². The first-order chi connectivity index (χ1) is 9.52. The third kappa shape index (κ3) is 3.81. The Morgan fingerprint density at radius 3 is 1.90 bits per heavy atom. The molecule has 0 heterocycles. The number of rotatable bonds is 7. The van der Waals surface area contributed by atoms with E-state index in [4.69, 9.17) is 0 Å². The molecule has 0 aliphatic carbocycles. The Hall–Kier alpha value is -0.990. The van der Waals surface area contributed by atoms with Crippen LogP contribution in [0.5, 0.6) is 0 Å². The summed E-state index contributed by atoms with van der Waals surface area (Å²) < 4.78 is 101. The second-order valence-corrected chi connectivity index (χ2v) is 5.17. The highest BCUT2D eigenvalue weighted by atomic mass is 32.2. The summed E-state index contributed by atoms with van der Waals surface area (Å²) in [5.41, 5.74) is 0.516. The fourth-order valence-corrected chi connectivity index (χ4v) is 2.31. The van der Waals surface area contributed by atoms with E-state index in [2.05, 4.69) is 0 Å². The standard InChI is InChI=1S/C12H10F8S/c13-9(14)11(17,18)12(19,20)10(15,16)7-21-6-8-4-2-1-3-5-8/h1-5,9H,6-7H2. The van der Waals surface area contributed by atoms with E-state index in [0.29, 0.717) is 5.56 Å². The van der Waals surface area contributed by atoms with Crippen LogP contribution in [0.1, 0.15) is 5.56 Å². The van der Waals surface area contributed by atoms with Crippen LogP contribution in [0.2, 0.25) is 0 Å². The van der Waals surface area contributed by atoms with Crippen LogP contribution in [0.15, 0.2) is 30.3 Å². The smallest absolute Gasteiger partial charge is 0.203 e. The molecule has 0 saturated heterocycles. The lowest BCUT2D eigenvalue weighted by molar-refractivity contribution is -0.331. The Morgan fingerprint density at radius 2 is 1.43 bits per heavy atom. The molecule has 120 valence electrons. The summed E-state index contributed by atoms with van der Waals surface area (Å²) in [4.78, 5) is 0. The molecule has 1 rings (SSSR count). The number of hydrogen-bond acceptors (Lipinski definition) is 1. The van der Waals surface area contributed by atoms with Crippen LogP contribution in [0.3, 0.4) is 0 Å². The van der Waals surface area contributed by atoms with Gasteiger partial charge >= 0.3 is 24.2 Å². The fourth-order valence-electron chi connectivity index (χ4n) is 1.34. The topological polar surface area (TPSA) is 0 Å².